The summed E-state index contributed by atoms with van der Waals surface area (Å²) in [7, 11) is 0. The third-order valence-corrected chi connectivity index (χ3v) is 4.08. The molecule has 0 saturated carbocycles. The zero-order valence-electron chi connectivity index (χ0n) is 13.4. The van der Waals surface area contributed by atoms with Gasteiger partial charge in [0.15, 0.2) is 0 Å². The molecule has 0 aromatic heterocycles. The predicted molar refractivity (Wildman–Crippen MR) is 89.1 cm³/mol. The summed E-state index contributed by atoms with van der Waals surface area (Å²) < 4.78 is 0. The van der Waals surface area contributed by atoms with E-state index in [2.05, 4.69) is 12.2 Å². The van der Waals surface area contributed by atoms with E-state index >= 15 is 0 Å². The van der Waals surface area contributed by atoms with E-state index in [9.17, 15) is 9.59 Å². The van der Waals surface area contributed by atoms with Crippen molar-refractivity contribution < 1.29 is 9.59 Å². The Kier molecular flexibility index (Phi) is 6.44. The number of amides is 2. The van der Waals surface area contributed by atoms with Gasteiger partial charge in [0, 0.05) is 30.8 Å². The minimum Gasteiger partial charge on any atom is -0.352 e. The molecular formula is C18H26N2O2. The molecule has 0 atom stereocenters. The highest BCUT2D eigenvalue weighted by Gasteiger charge is 2.19. The van der Waals surface area contributed by atoms with Crippen LogP contribution in [0.4, 0.5) is 5.69 Å². The molecule has 1 aromatic rings. The average Bonchev–Trinajstić information content (AvgIpc) is 2.55. The molecule has 0 unspecified atom stereocenters. The van der Waals surface area contributed by atoms with Gasteiger partial charge in [0.1, 0.15) is 0 Å². The van der Waals surface area contributed by atoms with Crippen molar-refractivity contribution in [3.63, 3.8) is 0 Å². The Morgan fingerprint density at radius 1 is 1.14 bits per heavy atom. The minimum atomic E-state index is -0.0342. The fraction of sp³-hybridized carbons (Fsp3) is 0.556. The smallest absolute Gasteiger partial charge is 0.251 e. The molecule has 0 aliphatic carbocycles. The van der Waals surface area contributed by atoms with Crippen LogP contribution in [0.15, 0.2) is 24.3 Å². The van der Waals surface area contributed by atoms with E-state index < -0.39 is 0 Å². The van der Waals surface area contributed by atoms with Gasteiger partial charge in [0.2, 0.25) is 5.91 Å². The highest BCUT2D eigenvalue weighted by Crippen LogP contribution is 2.21. The molecule has 1 aromatic carbocycles. The first-order valence-corrected chi connectivity index (χ1v) is 8.41. The van der Waals surface area contributed by atoms with E-state index in [1.54, 1.807) is 12.1 Å². The second-order valence-corrected chi connectivity index (χ2v) is 5.87. The van der Waals surface area contributed by atoms with Crippen molar-refractivity contribution in [1.82, 2.24) is 5.32 Å². The van der Waals surface area contributed by atoms with Gasteiger partial charge in [0.25, 0.3) is 5.91 Å². The minimum absolute atomic E-state index is 0.0342. The maximum atomic E-state index is 12.0. The van der Waals surface area contributed by atoms with Gasteiger partial charge in [-0.1, -0.05) is 26.2 Å². The maximum Gasteiger partial charge on any atom is 0.251 e. The van der Waals surface area contributed by atoms with Crippen molar-refractivity contribution >= 4 is 17.5 Å². The Morgan fingerprint density at radius 3 is 2.59 bits per heavy atom. The van der Waals surface area contributed by atoms with Crippen molar-refractivity contribution in [2.24, 2.45) is 0 Å². The van der Waals surface area contributed by atoms with Gasteiger partial charge in [-0.05, 0) is 43.5 Å². The number of carbonyl (C=O) groups excluding carboxylic acids is 2. The second kappa shape index (κ2) is 8.57. The van der Waals surface area contributed by atoms with E-state index in [4.69, 9.17) is 0 Å². The Morgan fingerprint density at radius 2 is 1.91 bits per heavy atom. The van der Waals surface area contributed by atoms with Crippen LogP contribution in [0.1, 0.15) is 62.2 Å². The summed E-state index contributed by atoms with van der Waals surface area (Å²) in [6.07, 6.45) is 7.26. The summed E-state index contributed by atoms with van der Waals surface area (Å²) in [5.41, 5.74) is 1.55. The van der Waals surface area contributed by atoms with Crippen LogP contribution < -0.4 is 10.2 Å². The number of benzene rings is 1. The molecule has 22 heavy (non-hydrogen) atoms. The average molecular weight is 302 g/mol. The molecule has 1 N–H and O–H groups in total. The molecule has 1 aliphatic rings. The van der Waals surface area contributed by atoms with Gasteiger partial charge in [-0.25, -0.2) is 0 Å². The monoisotopic (exact) mass is 302 g/mol. The lowest BCUT2D eigenvalue weighted by Crippen LogP contribution is -2.35. The fourth-order valence-corrected chi connectivity index (χ4v) is 2.73. The number of rotatable bonds is 7. The Bertz CT molecular complexity index is 496. The highest BCUT2D eigenvalue weighted by molar-refractivity contribution is 5.96. The number of nitrogens with one attached hydrogen (secondary N) is 1. The Labute approximate surface area is 132 Å². The molecule has 4 nitrogen and oxygen atoms in total. The highest BCUT2D eigenvalue weighted by atomic mass is 16.2. The molecule has 0 spiro atoms. The molecule has 2 rings (SSSR count). The van der Waals surface area contributed by atoms with Gasteiger partial charge in [-0.2, -0.15) is 0 Å². The van der Waals surface area contributed by atoms with E-state index in [0.29, 0.717) is 12.0 Å². The molecule has 1 fully saturated rings. The normalized spacial score (nSPS) is 15.0. The standard InChI is InChI=1S/C18H26N2O2/c1-2-3-4-6-13-19-18(22)15-9-11-16(12-10-15)20-14-7-5-8-17(20)21/h9-12H,2-8,13-14H2,1H3,(H,19,22). The second-order valence-electron chi connectivity index (χ2n) is 5.87. The topological polar surface area (TPSA) is 49.4 Å². The molecule has 2 amide bonds. The van der Waals surface area contributed by atoms with E-state index in [-0.39, 0.29) is 11.8 Å². The summed E-state index contributed by atoms with van der Waals surface area (Å²) in [4.78, 5) is 25.7. The van der Waals surface area contributed by atoms with E-state index in [1.807, 2.05) is 17.0 Å². The van der Waals surface area contributed by atoms with Crippen LogP contribution in [0.5, 0.6) is 0 Å². The number of carbonyl (C=O) groups is 2. The zero-order valence-corrected chi connectivity index (χ0v) is 13.4. The van der Waals surface area contributed by atoms with Crippen molar-refractivity contribution in [2.45, 2.75) is 51.9 Å². The molecule has 120 valence electrons. The number of hydrogen-bond acceptors (Lipinski definition) is 2. The molecular weight excluding hydrogens is 276 g/mol. The first kappa shape index (κ1) is 16.5. The van der Waals surface area contributed by atoms with Crippen molar-refractivity contribution in [1.29, 1.82) is 0 Å². The first-order chi connectivity index (χ1) is 10.7. The lowest BCUT2D eigenvalue weighted by molar-refractivity contribution is -0.119. The fourth-order valence-electron chi connectivity index (χ4n) is 2.73. The quantitative estimate of drug-likeness (QED) is 0.784. The number of piperidine rings is 1. The summed E-state index contributed by atoms with van der Waals surface area (Å²) in [5.74, 6) is 0.146. The van der Waals surface area contributed by atoms with Crippen LogP contribution >= 0.6 is 0 Å². The van der Waals surface area contributed by atoms with Crippen LogP contribution in [0.2, 0.25) is 0 Å². The number of anilines is 1. The largest absolute Gasteiger partial charge is 0.352 e. The molecule has 0 bridgehead atoms. The SMILES string of the molecule is CCCCCCNC(=O)c1ccc(N2CCCCC2=O)cc1. The van der Waals surface area contributed by atoms with Gasteiger partial charge < -0.3 is 10.2 Å². The van der Waals surface area contributed by atoms with Crippen LogP contribution in [-0.4, -0.2) is 24.9 Å². The predicted octanol–water partition coefficient (Wildman–Crippen LogP) is 3.51. The van der Waals surface area contributed by atoms with Gasteiger partial charge in [-0.3, -0.25) is 9.59 Å². The molecule has 1 saturated heterocycles. The summed E-state index contributed by atoms with van der Waals surface area (Å²) in [6.45, 7) is 3.68. The molecule has 4 heteroatoms. The molecule has 1 heterocycles. The lowest BCUT2D eigenvalue weighted by atomic mass is 10.1. The first-order valence-electron chi connectivity index (χ1n) is 8.41. The van der Waals surface area contributed by atoms with Crippen molar-refractivity contribution in [3.8, 4) is 0 Å². The van der Waals surface area contributed by atoms with Crippen LogP contribution in [0.25, 0.3) is 0 Å². The van der Waals surface area contributed by atoms with Gasteiger partial charge in [0.05, 0.1) is 0 Å². The van der Waals surface area contributed by atoms with E-state index in [0.717, 1.165) is 44.5 Å². The summed E-state index contributed by atoms with van der Waals surface area (Å²) >= 11 is 0. The summed E-state index contributed by atoms with van der Waals surface area (Å²) in [6, 6.07) is 7.35. The van der Waals surface area contributed by atoms with Crippen LogP contribution in [-0.2, 0) is 4.79 Å². The molecule has 1 aliphatic heterocycles. The summed E-state index contributed by atoms with van der Waals surface area (Å²) in [5, 5.41) is 2.95. The van der Waals surface area contributed by atoms with E-state index in [1.165, 1.54) is 12.8 Å². The number of nitrogens with zero attached hydrogens (tertiary/aromatic N) is 1. The van der Waals surface area contributed by atoms with Crippen LogP contribution in [0.3, 0.4) is 0 Å². The maximum absolute atomic E-state index is 12.0. The number of hydrogen-bond donors (Lipinski definition) is 1. The Balaban J connectivity index is 1.85. The number of unbranched alkanes of at least 4 members (excludes halogenated alkanes) is 3. The van der Waals surface area contributed by atoms with Crippen molar-refractivity contribution in [2.75, 3.05) is 18.0 Å². The third kappa shape index (κ3) is 4.58. The third-order valence-electron chi connectivity index (χ3n) is 4.08. The Hall–Kier alpha value is -1.84. The van der Waals surface area contributed by atoms with Crippen molar-refractivity contribution in [3.05, 3.63) is 29.8 Å². The van der Waals surface area contributed by atoms with Crippen LogP contribution in [0, 0.1) is 0 Å². The lowest BCUT2D eigenvalue weighted by Gasteiger charge is -2.26. The zero-order chi connectivity index (χ0) is 15.8. The van der Waals surface area contributed by atoms with Gasteiger partial charge in [-0.15, -0.1) is 0 Å². The van der Waals surface area contributed by atoms with Gasteiger partial charge >= 0.3 is 0 Å². The molecule has 0 radical (unpaired) electrons.